The van der Waals surface area contributed by atoms with E-state index in [1.807, 2.05) is 30.3 Å². The Balaban J connectivity index is 1.55. The number of halogens is 2. The van der Waals surface area contributed by atoms with Crippen LogP contribution in [0, 0.1) is 0 Å². The summed E-state index contributed by atoms with van der Waals surface area (Å²) in [5.74, 6) is 2.00. The van der Waals surface area contributed by atoms with Crippen molar-refractivity contribution in [1.29, 1.82) is 0 Å². The van der Waals surface area contributed by atoms with Gasteiger partial charge in [-0.3, -0.25) is 0 Å². The molecule has 0 saturated carbocycles. The molecule has 34 heavy (non-hydrogen) atoms. The Bertz CT molecular complexity index is 1280. The van der Waals surface area contributed by atoms with Crippen molar-refractivity contribution in [3.05, 3.63) is 76.2 Å². The standard InChI is InChI=1S/C22H19Cl2N7O3/c1-33-16-6-4-15(5-7-16)27-21-28-20(25-12-17-3-2-8-34-17)29-22(30-21)31-26-11-13-9-14(23)10-18(24)19(13)32/h2-11,32H,12H2,1H3,(H3,25,27,28,29,30,31)/b26-11-. The molecule has 10 nitrogen and oxygen atoms in total. The molecule has 0 fully saturated rings. The molecule has 0 unspecified atom stereocenters. The predicted octanol–water partition coefficient (Wildman–Crippen LogP) is 5.29. The quantitative estimate of drug-likeness (QED) is 0.179. The zero-order valence-corrected chi connectivity index (χ0v) is 19.3. The topological polar surface area (TPSA) is 130 Å². The van der Waals surface area contributed by atoms with Crippen LogP contribution < -0.4 is 20.8 Å². The number of nitrogens with zero attached hydrogens (tertiary/aromatic N) is 4. The first kappa shape index (κ1) is 23.1. The minimum absolute atomic E-state index is 0.115. The van der Waals surface area contributed by atoms with E-state index in [1.54, 1.807) is 19.4 Å². The highest BCUT2D eigenvalue weighted by atomic mass is 35.5. The maximum Gasteiger partial charge on any atom is 0.250 e. The zero-order chi connectivity index (χ0) is 23.9. The molecule has 0 aliphatic heterocycles. The van der Waals surface area contributed by atoms with Crippen molar-refractivity contribution in [3.8, 4) is 11.5 Å². The Morgan fingerprint density at radius 1 is 1.06 bits per heavy atom. The molecule has 2 aromatic carbocycles. The molecule has 0 atom stereocenters. The molecule has 12 heteroatoms. The third-order valence-electron chi connectivity index (χ3n) is 4.41. The molecule has 0 saturated heterocycles. The second-order valence-electron chi connectivity index (χ2n) is 6.79. The van der Waals surface area contributed by atoms with Crippen LogP contribution in [0.4, 0.5) is 23.5 Å². The number of aromatic nitrogens is 3. The van der Waals surface area contributed by atoms with Crippen molar-refractivity contribution in [2.75, 3.05) is 23.2 Å². The summed E-state index contributed by atoms with van der Waals surface area (Å²) in [6, 6.07) is 13.9. The maximum absolute atomic E-state index is 10.1. The number of hydrogen-bond acceptors (Lipinski definition) is 10. The Hall–Kier alpha value is -4.02. The summed E-state index contributed by atoms with van der Waals surface area (Å²) in [5.41, 5.74) is 3.80. The van der Waals surface area contributed by atoms with Gasteiger partial charge < -0.3 is 24.9 Å². The van der Waals surface area contributed by atoms with E-state index >= 15 is 0 Å². The first-order valence-electron chi connectivity index (χ1n) is 9.90. The van der Waals surface area contributed by atoms with Crippen LogP contribution in [0.2, 0.25) is 10.0 Å². The second kappa shape index (κ2) is 10.7. The van der Waals surface area contributed by atoms with Gasteiger partial charge in [0.25, 0.3) is 0 Å². The van der Waals surface area contributed by atoms with Crippen LogP contribution in [-0.2, 0) is 6.54 Å². The van der Waals surface area contributed by atoms with Gasteiger partial charge in [0.05, 0.1) is 31.2 Å². The lowest BCUT2D eigenvalue weighted by atomic mass is 10.2. The van der Waals surface area contributed by atoms with E-state index in [9.17, 15) is 5.11 Å². The van der Waals surface area contributed by atoms with Gasteiger partial charge in [0, 0.05) is 16.3 Å². The maximum atomic E-state index is 10.1. The van der Waals surface area contributed by atoms with Gasteiger partial charge in [0.15, 0.2) is 0 Å². The molecule has 2 aromatic heterocycles. The molecule has 2 heterocycles. The summed E-state index contributed by atoms with van der Waals surface area (Å²) < 4.78 is 10.5. The van der Waals surface area contributed by atoms with Crippen molar-refractivity contribution < 1.29 is 14.3 Å². The molecular formula is C22H19Cl2N7O3. The lowest BCUT2D eigenvalue weighted by Crippen LogP contribution is -2.09. The van der Waals surface area contributed by atoms with Gasteiger partial charge in [-0.15, -0.1) is 0 Å². The van der Waals surface area contributed by atoms with Crippen molar-refractivity contribution in [3.63, 3.8) is 0 Å². The second-order valence-corrected chi connectivity index (χ2v) is 7.63. The molecule has 0 radical (unpaired) electrons. The van der Waals surface area contributed by atoms with Crippen LogP contribution in [-0.4, -0.2) is 33.4 Å². The number of ether oxygens (including phenoxy) is 1. The van der Waals surface area contributed by atoms with E-state index in [1.165, 1.54) is 18.3 Å². The van der Waals surface area contributed by atoms with Crippen LogP contribution >= 0.6 is 23.2 Å². The minimum atomic E-state index is -0.144. The number of rotatable bonds is 9. The summed E-state index contributed by atoms with van der Waals surface area (Å²) in [6.45, 7) is 0.372. The number of hydrazone groups is 1. The number of anilines is 4. The fourth-order valence-corrected chi connectivity index (χ4v) is 3.30. The summed E-state index contributed by atoms with van der Waals surface area (Å²) in [5, 5.41) is 20.8. The predicted molar refractivity (Wildman–Crippen MR) is 131 cm³/mol. The summed E-state index contributed by atoms with van der Waals surface area (Å²) >= 11 is 11.9. The Morgan fingerprint density at radius 3 is 2.56 bits per heavy atom. The van der Waals surface area contributed by atoms with Crippen LogP contribution in [0.5, 0.6) is 11.5 Å². The Morgan fingerprint density at radius 2 is 1.82 bits per heavy atom. The number of phenolic OH excluding ortho intramolecular Hbond substituents is 1. The molecule has 0 spiro atoms. The molecule has 4 aromatic rings. The zero-order valence-electron chi connectivity index (χ0n) is 17.8. The van der Waals surface area contributed by atoms with E-state index in [0.717, 1.165) is 11.4 Å². The van der Waals surface area contributed by atoms with E-state index in [-0.39, 0.29) is 28.6 Å². The molecule has 0 bridgehead atoms. The Labute approximate surface area is 204 Å². The largest absolute Gasteiger partial charge is 0.506 e. The lowest BCUT2D eigenvalue weighted by Gasteiger charge is -2.10. The first-order chi connectivity index (χ1) is 16.5. The lowest BCUT2D eigenvalue weighted by molar-refractivity contribution is 0.415. The molecular weight excluding hydrogens is 481 g/mol. The van der Waals surface area contributed by atoms with Crippen molar-refractivity contribution in [2.45, 2.75) is 6.54 Å². The average Bonchev–Trinajstić information content (AvgIpc) is 3.35. The molecule has 4 rings (SSSR count). The highest BCUT2D eigenvalue weighted by Crippen LogP contribution is 2.30. The van der Waals surface area contributed by atoms with Gasteiger partial charge in [-0.05, 0) is 48.5 Å². The molecule has 0 aliphatic rings. The van der Waals surface area contributed by atoms with Gasteiger partial charge in [-0.2, -0.15) is 20.1 Å². The molecule has 0 amide bonds. The summed E-state index contributed by atoms with van der Waals surface area (Å²) in [4.78, 5) is 13.0. The molecule has 0 aliphatic carbocycles. The summed E-state index contributed by atoms with van der Waals surface area (Å²) in [6.07, 6.45) is 2.93. The van der Waals surface area contributed by atoms with Crippen molar-refractivity contribution >= 4 is 52.9 Å². The Kier molecular flexibility index (Phi) is 7.31. The SMILES string of the molecule is COc1ccc(Nc2nc(NCc3ccco3)nc(N/N=C\c3cc(Cl)cc(Cl)c3O)n2)cc1. The minimum Gasteiger partial charge on any atom is -0.506 e. The highest BCUT2D eigenvalue weighted by molar-refractivity contribution is 6.36. The van der Waals surface area contributed by atoms with E-state index < -0.39 is 0 Å². The number of benzene rings is 2. The fourth-order valence-electron chi connectivity index (χ4n) is 2.79. The number of hydrogen-bond donors (Lipinski definition) is 4. The fraction of sp³-hybridized carbons (Fsp3) is 0.0909. The number of phenols is 1. The number of nitrogens with one attached hydrogen (secondary N) is 3. The molecule has 174 valence electrons. The van der Waals surface area contributed by atoms with Gasteiger partial charge >= 0.3 is 0 Å². The van der Waals surface area contributed by atoms with Gasteiger partial charge in [0.1, 0.15) is 17.3 Å². The van der Waals surface area contributed by atoms with E-state index in [0.29, 0.717) is 22.9 Å². The third-order valence-corrected chi connectivity index (χ3v) is 4.91. The van der Waals surface area contributed by atoms with Crippen LogP contribution in [0.15, 0.2) is 64.3 Å². The smallest absolute Gasteiger partial charge is 0.250 e. The monoisotopic (exact) mass is 499 g/mol. The van der Waals surface area contributed by atoms with Gasteiger partial charge in [-0.1, -0.05) is 23.2 Å². The molecule has 4 N–H and O–H groups in total. The number of methoxy groups -OCH3 is 1. The third kappa shape index (κ3) is 6.06. The van der Waals surface area contributed by atoms with Crippen LogP contribution in [0.25, 0.3) is 0 Å². The van der Waals surface area contributed by atoms with E-state index in [4.69, 9.17) is 32.4 Å². The number of furan rings is 1. The number of aromatic hydroxyl groups is 1. The van der Waals surface area contributed by atoms with Crippen LogP contribution in [0.1, 0.15) is 11.3 Å². The van der Waals surface area contributed by atoms with Gasteiger partial charge in [0.2, 0.25) is 17.8 Å². The van der Waals surface area contributed by atoms with E-state index in [2.05, 4.69) is 36.1 Å². The van der Waals surface area contributed by atoms with Crippen molar-refractivity contribution in [2.24, 2.45) is 5.10 Å². The highest BCUT2D eigenvalue weighted by Gasteiger charge is 2.09. The van der Waals surface area contributed by atoms with Crippen LogP contribution in [0.3, 0.4) is 0 Å². The first-order valence-corrected chi connectivity index (χ1v) is 10.7. The van der Waals surface area contributed by atoms with Crippen molar-refractivity contribution in [1.82, 2.24) is 15.0 Å². The normalized spacial score (nSPS) is 10.9. The average molecular weight is 500 g/mol. The van der Waals surface area contributed by atoms with Gasteiger partial charge in [-0.25, -0.2) is 5.43 Å². The summed E-state index contributed by atoms with van der Waals surface area (Å²) in [7, 11) is 1.60.